The number of amides is 1. The van der Waals surface area contributed by atoms with E-state index in [-0.39, 0.29) is 12.5 Å². The molecule has 0 radical (unpaired) electrons. The Balaban J connectivity index is 2.08. The molecule has 0 bridgehead atoms. The van der Waals surface area contributed by atoms with Crippen LogP contribution < -0.4 is 0 Å². The molecule has 0 saturated carbocycles. The van der Waals surface area contributed by atoms with Gasteiger partial charge in [0, 0.05) is 6.54 Å². The van der Waals surface area contributed by atoms with E-state index in [4.69, 9.17) is 4.74 Å². The summed E-state index contributed by atoms with van der Waals surface area (Å²) in [5.41, 5.74) is 4.52. The number of nitrogens with zero attached hydrogens (tertiary/aromatic N) is 1. The number of aryl methyl sites for hydroxylation is 3. The first-order valence-electron chi connectivity index (χ1n) is 7.46. The summed E-state index contributed by atoms with van der Waals surface area (Å²) >= 11 is 0. The molecule has 1 aromatic carbocycles. The Morgan fingerprint density at radius 2 is 1.91 bits per heavy atom. The van der Waals surface area contributed by atoms with Crippen LogP contribution in [0, 0.1) is 20.8 Å². The van der Waals surface area contributed by atoms with Gasteiger partial charge >= 0.3 is 5.97 Å². The highest BCUT2D eigenvalue weighted by molar-refractivity contribution is 5.81. The Morgan fingerprint density at radius 3 is 2.50 bits per heavy atom. The van der Waals surface area contributed by atoms with Gasteiger partial charge in [-0.25, -0.2) is 4.79 Å². The molecular weight excluding hydrogens is 282 g/mol. The van der Waals surface area contributed by atoms with Gasteiger partial charge in [-0.05, 0) is 37.5 Å². The minimum Gasteiger partial charge on any atom is -0.467 e. The largest absolute Gasteiger partial charge is 0.467 e. The molecule has 1 aromatic rings. The molecule has 0 aromatic heterocycles. The average Bonchev–Trinajstić information content (AvgIpc) is 2.50. The Hall–Kier alpha value is -1.88. The van der Waals surface area contributed by atoms with Crippen LogP contribution in [0.3, 0.4) is 0 Å². The molecule has 1 heterocycles. The topological polar surface area (TPSA) is 55.8 Å². The van der Waals surface area contributed by atoms with Gasteiger partial charge in [0.2, 0.25) is 5.91 Å². The van der Waals surface area contributed by atoms with Gasteiger partial charge in [-0.2, -0.15) is 0 Å². The Morgan fingerprint density at radius 1 is 1.27 bits per heavy atom. The zero-order chi connectivity index (χ0) is 16.3. The Labute approximate surface area is 131 Å². The lowest BCUT2D eigenvalue weighted by atomic mass is 9.97. The summed E-state index contributed by atoms with van der Waals surface area (Å²) in [6.45, 7) is 7.23. The minimum atomic E-state index is -0.678. The lowest BCUT2D eigenvalue weighted by Gasteiger charge is -2.31. The smallest absolute Gasteiger partial charge is 0.336 e. The summed E-state index contributed by atoms with van der Waals surface area (Å²) in [6.07, 6.45) is -0.325. The number of benzene rings is 1. The van der Waals surface area contributed by atoms with Crippen LogP contribution >= 0.6 is 0 Å². The van der Waals surface area contributed by atoms with E-state index in [1.54, 1.807) is 4.90 Å². The number of carbonyl (C=O) groups excluding carboxylic acids is 2. The van der Waals surface area contributed by atoms with Gasteiger partial charge in [0.15, 0.2) is 6.10 Å². The summed E-state index contributed by atoms with van der Waals surface area (Å²) in [5, 5.41) is 0. The highest BCUT2D eigenvalue weighted by Gasteiger charge is 2.30. The van der Waals surface area contributed by atoms with E-state index in [0.717, 1.165) is 16.7 Å². The molecule has 1 aliphatic heterocycles. The van der Waals surface area contributed by atoms with E-state index in [2.05, 4.69) is 23.8 Å². The predicted octanol–water partition coefficient (Wildman–Crippen LogP) is 1.55. The van der Waals surface area contributed by atoms with Crippen molar-refractivity contribution in [2.45, 2.75) is 33.3 Å². The van der Waals surface area contributed by atoms with Crippen LogP contribution in [0.15, 0.2) is 12.1 Å². The monoisotopic (exact) mass is 305 g/mol. The molecule has 1 aliphatic rings. The second kappa shape index (κ2) is 6.92. The summed E-state index contributed by atoms with van der Waals surface area (Å²) in [4.78, 5) is 25.8. The number of methoxy groups -OCH3 is 1. The lowest BCUT2D eigenvalue weighted by molar-refractivity contribution is -0.162. The van der Waals surface area contributed by atoms with E-state index >= 15 is 0 Å². The van der Waals surface area contributed by atoms with Crippen molar-refractivity contribution in [3.63, 3.8) is 0 Å². The van der Waals surface area contributed by atoms with E-state index < -0.39 is 12.1 Å². The van der Waals surface area contributed by atoms with E-state index in [1.165, 1.54) is 12.7 Å². The molecule has 0 N–H and O–H groups in total. The molecule has 0 unspecified atom stereocenters. The zero-order valence-corrected chi connectivity index (χ0v) is 13.6. The van der Waals surface area contributed by atoms with Crippen molar-refractivity contribution in [2.24, 2.45) is 0 Å². The van der Waals surface area contributed by atoms with Gasteiger partial charge in [-0.1, -0.05) is 17.7 Å². The fourth-order valence-electron chi connectivity index (χ4n) is 2.90. The van der Waals surface area contributed by atoms with E-state index in [0.29, 0.717) is 19.6 Å². The maximum absolute atomic E-state index is 12.5. The van der Waals surface area contributed by atoms with Crippen molar-refractivity contribution >= 4 is 11.9 Å². The molecule has 1 amide bonds. The third kappa shape index (κ3) is 3.65. The first-order valence-corrected chi connectivity index (χ1v) is 7.46. The standard InChI is InChI=1S/C17H23NO4/c1-11-7-12(2)14(13(3)8-11)9-16(19)18-5-6-22-15(10-18)17(20)21-4/h7-8,15H,5-6,9-10H2,1-4H3/t15-/m1/s1. The van der Waals surface area contributed by atoms with E-state index in [9.17, 15) is 9.59 Å². The van der Waals surface area contributed by atoms with Crippen molar-refractivity contribution < 1.29 is 19.1 Å². The number of ether oxygens (including phenoxy) is 2. The van der Waals surface area contributed by atoms with Crippen molar-refractivity contribution in [1.82, 2.24) is 4.90 Å². The molecular formula is C17H23NO4. The van der Waals surface area contributed by atoms with Gasteiger partial charge in [-0.15, -0.1) is 0 Å². The summed E-state index contributed by atoms with van der Waals surface area (Å²) in [7, 11) is 1.32. The normalized spacial score (nSPS) is 18.2. The van der Waals surface area contributed by atoms with Crippen LogP contribution in [-0.2, 0) is 25.5 Å². The summed E-state index contributed by atoms with van der Waals surface area (Å²) in [5.74, 6) is -0.410. The van der Waals surface area contributed by atoms with Crippen LogP contribution in [0.2, 0.25) is 0 Å². The van der Waals surface area contributed by atoms with Crippen LogP contribution in [0.25, 0.3) is 0 Å². The number of esters is 1. The molecule has 5 nitrogen and oxygen atoms in total. The SMILES string of the molecule is COC(=O)[C@H]1CN(C(=O)Cc2c(C)cc(C)cc2C)CCO1. The first-order chi connectivity index (χ1) is 10.4. The van der Waals surface area contributed by atoms with Crippen LogP contribution in [-0.4, -0.2) is 49.7 Å². The molecule has 120 valence electrons. The van der Waals surface area contributed by atoms with Crippen molar-refractivity contribution in [1.29, 1.82) is 0 Å². The number of carbonyl (C=O) groups is 2. The highest BCUT2D eigenvalue weighted by Crippen LogP contribution is 2.18. The molecule has 2 rings (SSSR count). The van der Waals surface area contributed by atoms with Gasteiger partial charge < -0.3 is 14.4 Å². The summed E-state index contributed by atoms with van der Waals surface area (Å²) < 4.78 is 10.0. The molecule has 5 heteroatoms. The van der Waals surface area contributed by atoms with Crippen LogP contribution in [0.5, 0.6) is 0 Å². The maximum Gasteiger partial charge on any atom is 0.336 e. The second-order valence-electron chi connectivity index (χ2n) is 5.78. The van der Waals surface area contributed by atoms with Crippen LogP contribution in [0.4, 0.5) is 0 Å². The fourth-order valence-corrected chi connectivity index (χ4v) is 2.90. The fraction of sp³-hybridized carbons (Fsp3) is 0.529. The van der Waals surface area contributed by atoms with Crippen molar-refractivity contribution in [2.75, 3.05) is 26.8 Å². The number of hydrogen-bond donors (Lipinski definition) is 0. The molecule has 1 fully saturated rings. The quantitative estimate of drug-likeness (QED) is 0.795. The number of morpholine rings is 1. The lowest BCUT2D eigenvalue weighted by Crippen LogP contribution is -2.49. The van der Waals surface area contributed by atoms with Gasteiger partial charge in [0.05, 0.1) is 26.7 Å². The number of hydrogen-bond acceptors (Lipinski definition) is 4. The number of rotatable bonds is 3. The zero-order valence-electron chi connectivity index (χ0n) is 13.6. The molecule has 22 heavy (non-hydrogen) atoms. The van der Waals surface area contributed by atoms with Gasteiger partial charge in [0.25, 0.3) is 0 Å². The maximum atomic E-state index is 12.5. The molecule has 1 atom stereocenters. The summed E-state index contributed by atoms with van der Waals surface area (Å²) in [6, 6.07) is 4.18. The van der Waals surface area contributed by atoms with Crippen LogP contribution in [0.1, 0.15) is 22.3 Å². The predicted molar refractivity (Wildman–Crippen MR) is 82.7 cm³/mol. The Kier molecular flexibility index (Phi) is 5.19. The van der Waals surface area contributed by atoms with Gasteiger partial charge in [0.1, 0.15) is 0 Å². The third-order valence-corrected chi connectivity index (χ3v) is 4.05. The Bertz CT molecular complexity index is 559. The molecule has 0 spiro atoms. The molecule has 0 aliphatic carbocycles. The average molecular weight is 305 g/mol. The van der Waals surface area contributed by atoms with Crippen molar-refractivity contribution in [3.8, 4) is 0 Å². The molecule has 1 saturated heterocycles. The first kappa shape index (κ1) is 16.5. The highest BCUT2D eigenvalue weighted by atomic mass is 16.6. The van der Waals surface area contributed by atoms with Crippen molar-refractivity contribution in [3.05, 3.63) is 34.4 Å². The minimum absolute atomic E-state index is 0.0206. The van der Waals surface area contributed by atoms with E-state index in [1.807, 2.05) is 13.8 Å². The second-order valence-corrected chi connectivity index (χ2v) is 5.78. The van der Waals surface area contributed by atoms with Gasteiger partial charge in [-0.3, -0.25) is 4.79 Å². The third-order valence-electron chi connectivity index (χ3n) is 4.05.